The molecule has 2 rings (SSSR count). The molecule has 0 amide bonds. The van der Waals surface area contributed by atoms with E-state index in [9.17, 15) is 4.79 Å². The standard InChI is InChI=1S/C17H17ClO3/c1-11-8-13(5-6-14(11)18)15(19)9-12-4-7-16(20-2)17(10-12)21-3/h4-8,10H,9H2,1-3H3. The Morgan fingerprint density at radius 3 is 2.38 bits per heavy atom. The summed E-state index contributed by atoms with van der Waals surface area (Å²) in [5.74, 6) is 1.31. The maximum absolute atomic E-state index is 12.3. The monoisotopic (exact) mass is 304 g/mol. The topological polar surface area (TPSA) is 35.5 Å². The van der Waals surface area contributed by atoms with Gasteiger partial charge in [-0.15, -0.1) is 0 Å². The summed E-state index contributed by atoms with van der Waals surface area (Å²) in [6.07, 6.45) is 0.307. The van der Waals surface area contributed by atoms with Crippen LogP contribution in [0.3, 0.4) is 0 Å². The molecule has 0 N–H and O–H groups in total. The highest BCUT2D eigenvalue weighted by atomic mass is 35.5. The van der Waals surface area contributed by atoms with Crippen molar-refractivity contribution in [2.45, 2.75) is 13.3 Å². The number of methoxy groups -OCH3 is 2. The van der Waals surface area contributed by atoms with Crippen LogP contribution in [0, 0.1) is 6.92 Å². The van der Waals surface area contributed by atoms with Crippen LogP contribution in [0.15, 0.2) is 36.4 Å². The number of halogens is 1. The van der Waals surface area contributed by atoms with Gasteiger partial charge in [0.2, 0.25) is 0 Å². The second-order valence-electron chi connectivity index (χ2n) is 4.75. The molecule has 2 aromatic carbocycles. The van der Waals surface area contributed by atoms with E-state index >= 15 is 0 Å². The van der Waals surface area contributed by atoms with Crippen LogP contribution >= 0.6 is 11.6 Å². The van der Waals surface area contributed by atoms with Crippen molar-refractivity contribution in [1.29, 1.82) is 0 Å². The molecule has 3 nitrogen and oxygen atoms in total. The van der Waals surface area contributed by atoms with Crippen LogP contribution in [0.1, 0.15) is 21.5 Å². The number of hydrogen-bond acceptors (Lipinski definition) is 3. The SMILES string of the molecule is COc1ccc(CC(=O)c2ccc(Cl)c(C)c2)cc1OC. The normalized spacial score (nSPS) is 10.3. The summed E-state index contributed by atoms with van der Waals surface area (Å²) in [5.41, 5.74) is 2.44. The van der Waals surface area contributed by atoms with Crippen LogP contribution in [0.4, 0.5) is 0 Å². The van der Waals surface area contributed by atoms with Gasteiger partial charge in [0, 0.05) is 17.0 Å². The fraction of sp³-hybridized carbons (Fsp3) is 0.235. The van der Waals surface area contributed by atoms with Gasteiger partial charge in [-0.05, 0) is 48.4 Å². The number of ether oxygens (including phenoxy) is 2. The van der Waals surface area contributed by atoms with E-state index in [-0.39, 0.29) is 5.78 Å². The Bertz CT molecular complexity index is 665. The number of Topliss-reactive ketones (excluding diaryl/α,β-unsaturated/α-hetero) is 1. The van der Waals surface area contributed by atoms with E-state index in [1.54, 1.807) is 32.4 Å². The molecule has 0 heterocycles. The minimum atomic E-state index is 0.0435. The molecule has 21 heavy (non-hydrogen) atoms. The zero-order valence-corrected chi connectivity index (χ0v) is 13.0. The van der Waals surface area contributed by atoms with E-state index in [1.807, 2.05) is 25.1 Å². The number of aryl methyl sites for hydroxylation is 1. The fourth-order valence-electron chi connectivity index (χ4n) is 2.10. The van der Waals surface area contributed by atoms with Gasteiger partial charge in [-0.25, -0.2) is 0 Å². The van der Waals surface area contributed by atoms with E-state index in [4.69, 9.17) is 21.1 Å². The van der Waals surface area contributed by atoms with Gasteiger partial charge in [0.1, 0.15) is 0 Å². The minimum absolute atomic E-state index is 0.0435. The van der Waals surface area contributed by atoms with Gasteiger partial charge in [0.15, 0.2) is 17.3 Å². The average molecular weight is 305 g/mol. The van der Waals surface area contributed by atoms with Crippen molar-refractivity contribution in [3.8, 4) is 11.5 Å². The second-order valence-corrected chi connectivity index (χ2v) is 5.16. The molecular weight excluding hydrogens is 288 g/mol. The molecule has 0 aromatic heterocycles. The molecule has 0 spiro atoms. The molecule has 0 radical (unpaired) electrons. The number of benzene rings is 2. The third kappa shape index (κ3) is 3.56. The van der Waals surface area contributed by atoms with Crippen LogP contribution in [0.5, 0.6) is 11.5 Å². The number of carbonyl (C=O) groups excluding carboxylic acids is 1. The molecule has 0 unspecified atom stereocenters. The zero-order valence-electron chi connectivity index (χ0n) is 12.3. The summed E-state index contributed by atoms with van der Waals surface area (Å²) in [6, 6.07) is 10.8. The van der Waals surface area contributed by atoms with Crippen molar-refractivity contribution in [2.24, 2.45) is 0 Å². The summed E-state index contributed by atoms with van der Waals surface area (Å²) in [7, 11) is 3.16. The Morgan fingerprint density at radius 2 is 1.76 bits per heavy atom. The zero-order chi connectivity index (χ0) is 15.4. The molecule has 0 aliphatic rings. The summed E-state index contributed by atoms with van der Waals surface area (Å²) < 4.78 is 10.4. The molecule has 4 heteroatoms. The molecule has 110 valence electrons. The Labute approximate surface area is 129 Å². The van der Waals surface area contributed by atoms with Gasteiger partial charge in [-0.1, -0.05) is 17.7 Å². The third-order valence-corrected chi connectivity index (χ3v) is 3.72. The van der Waals surface area contributed by atoms with Crippen molar-refractivity contribution in [3.05, 3.63) is 58.1 Å². The number of rotatable bonds is 5. The van der Waals surface area contributed by atoms with Crippen molar-refractivity contribution >= 4 is 17.4 Å². The molecule has 2 aromatic rings. The highest BCUT2D eigenvalue weighted by molar-refractivity contribution is 6.31. The van der Waals surface area contributed by atoms with Gasteiger partial charge in [0.05, 0.1) is 14.2 Å². The summed E-state index contributed by atoms with van der Waals surface area (Å²) in [5, 5.41) is 0.665. The highest BCUT2D eigenvalue weighted by Gasteiger charge is 2.11. The van der Waals surface area contributed by atoms with Gasteiger partial charge >= 0.3 is 0 Å². The van der Waals surface area contributed by atoms with Crippen molar-refractivity contribution < 1.29 is 14.3 Å². The molecule has 0 bridgehead atoms. The summed E-state index contributed by atoms with van der Waals surface area (Å²) in [6.45, 7) is 1.88. The highest BCUT2D eigenvalue weighted by Crippen LogP contribution is 2.28. The first-order chi connectivity index (χ1) is 10.0. The van der Waals surface area contributed by atoms with Crippen LogP contribution < -0.4 is 9.47 Å². The first kappa shape index (κ1) is 15.4. The lowest BCUT2D eigenvalue weighted by molar-refractivity contribution is 0.0993. The third-order valence-electron chi connectivity index (χ3n) is 3.29. The van der Waals surface area contributed by atoms with E-state index in [0.717, 1.165) is 11.1 Å². The van der Waals surface area contributed by atoms with Crippen LogP contribution in [-0.4, -0.2) is 20.0 Å². The Hall–Kier alpha value is -2.00. The quantitative estimate of drug-likeness (QED) is 0.780. The lowest BCUT2D eigenvalue weighted by Gasteiger charge is -2.09. The first-order valence-electron chi connectivity index (χ1n) is 6.55. The maximum Gasteiger partial charge on any atom is 0.167 e. The molecule has 0 saturated carbocycles. The fourth-order valence-corrected chi connectivity index (χ4v) is 2.21. The summed E-state index contributed by atoms with van der Waals surface area (Å²) in [4.78, 5) is 12.3. The van der Waals surface area contributed by atoms with E-state index in [0.29, 0.717) is 28.5 Å². The van der Waals surface area contributed by atoms with Gasteiger partial charge in [-0.3, -0.25) is 4.79 Å². The van der Waals surface area contributed by atoms with E-state index in [1.165, 1.54) is 0 Å². The Kier molecular flexibility index (Phi) is 4.86. The molecule has 0 aliphatic heterocycles. The number of ketones is 1. The van der Waals surface area contributed by atoms with Crippen LogP contribution in [-0.2, 0) is 6.42 Å². The minimum Gasteiger partial charge on any atom is -0.493 e. The molecule has 0 fully saturated rings. The van der Waals surface area contributed by atoms with Gasteiger partial charge < -0.3 is 9.47 Å². The Balaban J connectivity index is 2.21. The second kappa shape index (κ2) is 6.64. The number of carbonyl (C=O) groups is 1. The molecular formula is C17H17ClO3. The largest absolute Gasteiger partial charge is 0.493 e. The van der Waals surface area contributed by atoms with E-state index < -0.39 is 0 Å². The predicted molar refractivity (Wildman–Crippen MR) is 83.8 cm³/mol. The van der Waals surface area contributed by atoms with Gasteiger partial charge in [0.25, 0.3) is 0 Å². The van der Waals surface area contributed by atoms with Gasteiger partial charge in [-0.2, -0.15) is 0 Å². The van der Waals surface area contributed by atoms with Crippen molar-refractivity contribution in [1.82, 2.24) is 0 Å². The maximum atomic E-state index is 12.3. The van der Waals surface area contributed by atoms with E-state index in [2.05, 4.69) is 0 Å². The van der Waals surface area contributed by atoms with Crippen LogP contribution in [0.2, 0.25) is 5.02 Å². The lowest BCUT2D eigenvalue weighted by Crippen LogP contribution is -2.04. The predicted octanol–water partition coefficient (Wildman–Crippen LogP) is 4.09. The van der Waals surface area contributed by atoms with Crippen molar-refractivity contribution in [2.75, 3.05) is 14.2 Å². The van der Waals surface area contributed by atoms with Crippen LogP contribution in [0.25, 0.3) is 0 Å². The molecule has 0 saturated heterocycles. The average Bonchev–Trinajstić information content (AvgIpc) is 2.49. The summed E-state index contributed by atoms with van der Waals surface area (Å²) >= 11 is 5.98. The molecule has 0 atom stereocenters. The molecule has 0 aliphatic carbocycles. The smallest absolute Gasteiger partial charge is 0.167 e. The first-order valence-corrected chi connectivity index (χ1v) is 6.93. The number of hydrogen-bond donors (Lipinski definition) is 0. The van der Waals surface area contributed by atoms with Crippen molar-refractivity contribution in [3.63, 3.8) is 0 Å². The lowest BCUT2D eigenvalue weighted by atomic mass is 10.0. The Morgan fingerprint density at radius 1 is 1.05 bits per heavy atom.